The number of aromatic nitrogens is 2. The minimum atomic E-state index is -3.48. The monoisotopic (exact) mass is 279 g/mol. The first-order valence-electron chi connectivity index (χ1n) is 3.76. The van der Waals surface area contributed by atoms with Crippen LogP contribution in [0.2, 0.25) is 0 Å². The van der Waals surface area contributed by atoms with E-state index in [4.69, 9.17) is 0 Å². The first kappa shape index (κ1) is 11.4. The fourth-order valence-electron chi connectivity index (χ4n) is 0.862. The van der Waals surface area contributed by atoms with Gasteiger partial charge in [-0.15, -0.1) is 0 Å². The highest BCUT2D eigenvalue weighted by Gasteiger charge is 2.17. The van der Waals surface area contributed by atoms with Gasteiger partial charge in [0.25, 0.3) is 0 Å². The van der Waals surface area contributed by atoms with Gasteiger partial charge in [0.15, 0.2) is 0 Å². The molecule has 0 bridgehead atoms. The SMILES string of the molecule is C=C(Br)CNS(=O)(=O)c1cn[nH]c1C. The van der Waals surface area contributed by atoms with Crippen LogP contribution in [-0.2, 0) is 10.0 Å². The van der Waals surface area contributed by atoms with Crippen molar-refractivity contribution in [2.45, 2.75) is 11.8 Å². The Kier molecular flexibility index (Phi) is 3.46. The van der Waals surface area contributed by atoms with Gasteiger partial charge in [0.1, 0.15) is 4.90 Å². The van der Waals surface area contributed by atoms with Crippen molar-refractivity contribution in [1.29, 1.82) is 0 Å². The maximum Gasteiger partial charge on any atom is 0.244 e. The van der Waals surface area contributed by atoms with Crippen LogP contribution in [-0.4, -0.2) is 25.2 Å². The summed E-state index contributed by atoms with van der Waals surface area (Å²) in [6, 6.07) is 0. The molecule has 0 saturated heterocycles. The van der Waals surface area contributed by atoms with Gasteiger partial charge in [-0.1, -0.05) is 22.5 Å². The Balaban J connectivity index is 2.87. The Bertz CT molecular complexity index is 438. The highest BCUT2D eigenvalue weighted by Crippen LogP contribution is 2.11. The fraction of sp³-hybridized carbons (Fsp3) is 0.286. The van der Waals surface area contributed by atoms with E-state index in [0.29, 0.717) is 10.2 Å². The van der Waals surface area contributed by atoms with E-state index in [1.165, 1.54) is 6.20 Å². The summed E-state index contributed by atoms with van der Waals surface area (Å²) in [7, 11) is -3.48. The van der Waals surface area contributed by atoms with Crippen LogP contribution in [0.1, 0.15) is 5.69 Å². The molecule has 5 nitrogen and oxygen atoms in total. The standard InChI is InChI=1S/C7H10BrN3O2S/c1-5(8)3-10-14(12,13)7-4-9-11-6(7)2/h4,10H,1,3H2,2H3,(H,9,11). The molecule has 1 heterocycles. The number of sulfonamides is 1. The third-order valence-corrected chi connectivity index (χ3v) is 3.32. The van der Waals surface area contributed by atoms with Crippen LogP contribution in [0.5, 0.6) is 0 Å². The summed E-state index contributed by atoms with van der Waals surface area (Å²) < 4.78 is 26.1. The third kappa shape index (κ3) is 2.66. The van der Waals surface area contributed by atoms with Gasteiger partial charge < -0.3 is 0 Å². The quantitative estimate of drug-likeness (QED) is 0.860. The van der Waals surface area contributed by atoms with Gasteiger partial charge in [-0.3, -0.25) is 5.10 Å². The Labute approximate surface area is 90.8 Å². The molecule has 7 heteroatoms. The van der Waals surface area contributed by atoms with Gasteiger partial charge >= 0.3 is 0 Å². The largest absolute Gasteiger partial charge is 0.281 e. The molecule has 1 aromatic heterocycles. The Morgan fingerprint density at radius 3 is 2.86 bits per heavy atom. The van der Waals surface area contributed by atoms with E-state index in [1.54, 1.807) is 6.92 Å². The molecular weight excluding hydrogens is 270 g/mol. The Hall–Kier alpha value is -0.660. The number of hydrogen-bond donors (Lipinski definition) is 2. The molecule has 2 N–H and O–H groups in total. The smallest absolute Gasteiger partial charge is 0.244 e. The minimum Gasteiger partial charge on any atom is -0.281 e. The normalized spacial score (nSPS) is 11.6. The predicted octanol–water partition coefficient (Wildman–Crippen LogP) is 0.905. The molecule has 0 saturated carbocycles. The molecular formula is C7H10BrN3O2S. The van der Waals surface area contributed by atoms with Crippen LogP contribution < -0.4 is 4.72 Å². The zero-order valence-electron chi connectivity index (χ0n) is 7.54. The van der Waals surface area contributed by atoms with Crippen LogP contribution in [0.15, 0.2) is 22.2 Å². The molecule has 0 aliphatic heterocycles. The van der Waals surface area contributed by atoms with Crippen molar-refractivity contribution in [3.63, 3.8) is 0 Å². The van der Waals surface area contributed by atoms with E-state index in [1.807, 2.05) is 0 Å². The number of rotatable bonds is 4. The van der Waals surface area contributed by atoms with E-state index in [0.717, 1.165) is 0 Å². The summed E-state index contributed by atoms with van der Waals surface area (Å²) in [6.45, 7) is 5.33. The first-order valence-corrected chi connectivity index (χ1v) is 6.04. The van der Waals surface area contributed by atoms with Crippen LogP contribution in [0.4, 0.5) is 0 Å². The van der Waals surface area contributed by atoms with Crippen molar-refractivity contribution >= 4 is 26.0 Å². The maximum absolute atomic E-state index is 11.6. The number of nitrogens with zero attached hydrogens (tertiary/aromatic N) is 1. The highest BCUT2D eigenvalue weighted by atomic mass is 79.9. The number of nitrogens with one attached hydrogen (secondary N) is 2. The molecule has 0 amide bonds. The van der Waals surface area contributed by atoms with Crippen molar-refractivity contribution in [2.24, 2.45) is 0 Å². The molecule has 0 spiro atoms. The first-order chi connectivity index (χ1) is 6.43. The van der Waals surface area contributed by atoms with Gasteiger partial charge in [-0.05, 0) is 6.92 Å². The second kappa shape index (κ2) is 4.24. The topological polar surface area (TPSA) is 74.8 Å². The molecule has 0 aromatic carbocycles. The number of hydrogen-bond acceptors (Lipinski definition) is 3. The third-order valence-electron chi connectivity index (χ3n) is 1.53. The highest BCUT2D eigenvalue weighted by molar-refractivity contribution is 9.11. The summed E-state index contributed by atoms with van der Waals surface area (Å²) in [5.74, 6) is 0. The van der Waals surface area contributed by atoms with Crippen molar-refractivity contribution < 1.29 is 8.42 Å². The van der Waals surface area contributed by atoms with Crippen LogP contribution in [0, 0.1) is 6.92 Å². The maximum atomic E-state index is 11.6. The molecule has 14 heavy (non-hydrogen) atoms. The number of H-pyrrole nitrogens is 1. The van der Waals surface area contributed by atoms with Crippen LogP contribution in [0.3, 0.4) is 0 Å². The number of aromatic amines is 1. The molecule has 0 unspecified atom stereocenters. The molecule has 1 rings (SSSR count). The van der Waals surface area contributed by atoms with Gasteiger partial charge in [0.05, 0.1) is 11.9 Å². The molecule has 0 fully saturated rings. The summed E-state index contributed by atoms with van der Waals surface area (Å²) in [4.78, 5) is 0.159. The van der Waals surface area contributed by atoms with Crippen molar-refractivity contribution in [3.05, 3.63) is 23.0 Å². The zero-order chi connectivity index (χ0) is 10.8. The second-order valence-electron chi connectivity index (χ2n) is 2.70. The lowest BCUT2D eigenvalue weighted by molar-refractivity contribution is 0.585. The van der Waals surface area contributed by atoms with E-state index < -0.39 is 10.0 Å². The van der Waals surface area contributed by atoms with E-state index >= 15 is 0 Å². The lowest BCUT2D eigenvalue weighted by Crippen LogP contribution is -2.25. The van der Waals surface area contributed by atoms with E-state index in [-0.39, 0.29) is 11.4 Å². The van der Waals surface area contributed by atoms with Crippen LogP contribution >= 0.6 is 15.9 Å². The summed E-state index contributed by atoms with van der Waals surface area (Å²) in [5, 5.41) is 6.20. The molecule has 78 valence electrons. The fourth-order valence-corrected chi connectivity index (χ4v) is 2.35. The van der Waals surface area contributed by atoms with E-state index in [9.17, 15) is 8.42 Å². The van der Waals surface area contributed by atoms with Crippen molar-refractivity contribution in [2.75, 3.05) is 6.54 Å². The minimum absolute atomic E-state index is 0.159. The lowest BCUT2D eigenvalue weighted by Gasteiger charge is -2.03. The average Bonchev–Trinajstić information content (AvgIpc) is 2.48. The van der Waals surface area contributed by atoms with Gasteiger partial charge in [0.2, 0.25) is 10.0 Å². The Morgan fingerprint density at radius 2 is 2.43 bits per heavy atom. The number of halogens is 1. The van der Waals surface area contributed by atoms with Crippen molar-refractivity contribution in [1.82, 2.24) is 14.9 Å². The number of aryl methyl sites for hydroxylation is 1. The molecule has 0 aliphatic carbocycles. The molecule has 0 aliphatic rings. The molecule has 0 radical (unpaired) electrons. The average molecular weight is 280 g/mol. The lowest BCUT2D eigenvalue weighted by atomic mass is 10.5. The van der Waals surface area contributed by atoms with Gasteiger partial charge in [0, 0.05) is 11.0 Å². The summed E-state index contributed by atoms with van der Waals surface area (Å²) in [6.07, 6.45) is 1.27. The van der Waals surface area contributed by atoms with Crippen molar-refractivity contribution in [3.8, 4) is 0 Å². The molecule has 1 aromatic rings. The second-order valence-corrected chi connectivity index (χ2v) is 5.56. The molecule has 0 atom stereocenters. The van der Waals surface area contributed by atoms with Gasteiger partial charge in [-0.2, -0.15) is 5.10 Å². The van der Waals surface area contributed by atoms with E-state index in [2.05, 4.69) is 37.4 Å². The zero-order valence-corrected chi connectivity index (χ0v) is 9.94. The summed E-state index contributed by atoms with van der Waals surface area (Å²) >= 11 is 3.06. The Morgan fingerprint density at radius 1 is 1.79 bits per heavy atom. The van der Waals surface area contributed by atoms with Gasteiger partial charge in [-0.25, -0.2) is 13.1 Å². The summed E-state index contributed by atoms with van der Waals surface area (Å²) in [5.41, 5.74) is 0.512. The predicted molar refractivity (Wildman–Crippen MR) is 56.6 cm³/mol. The van der Waals surface area contributed by atoms with Crippen LogP contribution in [0.25, 0.3) is 0 Å².